The fourth-order valence-electron chi connectivity index (χ4n) is 3.57. The highest BCUT2D eigenvalue weighted by molar-refractivity contribution is 5.97. The number of carbonyl (C=O) groups is 3. The van der Waals surface area contributed by atoms with Crippen molar-refractivity contribution in [3.05, 3.63) is 89.4 Å². The Morgan fingerprint density at radius 3 is 2.56 bits per heavy atom. The predicted molar refractivity (Wildman–Crippen MR) is 128 cm³/mol. The van der Waals surface area contributed by atoms with E-state index < -0.39 is 24.5 Å². The molecule has 1 unspecified atom stereocenters. The molecule has 3 rings (SSSR count). The summed E-state index contributed by atoms with van der Waals surface area (Å²) in [5, 5.41) is 25.7. The molecule has 0 aliphatic carbocycles. The summed E-state index contributed by atoms with van der Waals surface area (Å²) in [6.07, 6.45) is 5.32. The molecule has 9 heteroatoms. The van der Waals surface area contributed by atoms with Crippen LogP contribution in [0.25, 0.3) is 0 Å². The van der Waals surface area contributed by atoms with Crippen molar-refractivity contribution in [2.75, 3.05) is 13.2 Å². The normalized spacial score (nSPS) is 11.2. The first-order valence-electron chi connectivity index (χ1n) is 11.5. The van der Waals surface area contributed by atoms with Crippen molar-refractivity contribution >= 4 is 17.8 Å². The molecular formula is C27H26N3O6-. The summed E-state index contributed by atoms with van der Waals surface area (Å²) >= 11 is 0. The molecule has 1 heterocycles. The van der Waals surface area contributed by atoms with E-state index in [1.807, 2.05) is 24.3 Å². The molecule has 0 radical (unpaired) electrons. The maximum Gasteiger partial charge on any atom is 0.255 e. The molecule has 0 aliphatic rings. The average Bonchev–Trinajstić information content (AvgIpc) is 3.43. The maximum atomic E-state index is 13.0. The Balaban J connectivity index is 1.63. The number of nitrogens with one attached hydrogen (secondary N) is 2. The molecule has 2 N–H and O–H groups in total. The smallest absolute Gasteiger partial charge is 0.255 e. The van der Waals surface area contributed by atoms with E-state index in [9.17, 15) is 24.8 Å². The number of unbranched alkanes of at least 4 members (excludes halogenated alkanes) is 1. The van der Waals surface area contributed by atoms with E-state index in [2.05, 4.69) is 22.8 Å². The molecule has 36 heavy (non-hydrogen) atoms. The molecule has 0 bridgehead atoms. The van der Waals surface area contributed by atoms with Gasteiger partial charge in [-0.1, -0.05) is 36.4 Å². The van der Waals surface area contributed by atoms with Gasteiger partial charge in [0.1, 0.15) is 30.7 Å². The second-order valence-electron chi connectivity index (χ2n) is 8.08. The summed E-state index contributed by atoms with van der Waals surface area (Å²) in [6.45, 7) is -0.243. The van der Waals surface area contributed by atoms with Crippen LogP contribution in [-0.2, 0) is 22.4 Å². The van der Waals surface area contributed by atoms with Crippen molar-refractivity contribution in [1.82, 2.24) is 10.6 Å². The Morgan fingerprint density at radius 2 is 1.86 bits per heavy atom. The summed E-state index contributed by atoms with van der Waals surface area (Å²) < 4.78 is 10.0. The van der Waals surface area contributed by atoms with Gasteiger partial charge < -0.3 is 29.7 Å². The van der Waals surface area contributed by atoms with Crippen molar-refractivity contribution in [2.45, 2.75) is 31.7 Å². The Morgan fingerprint density at radius 1 is 1.06 bits per heavy atom. The third kappa shape index (κ3) is 8.02. The molecule has 2 amide bonds. The van der Waals surface area contributed by atoms with E-state index in [0.717, 1.165) is 19.3 Å². The minimum Gasteiger partial charge on any atom is -0.546 e. The van der Waals surface area contributed by atoms with Gasteiger partial charge in [-0.2, -0.15) is 5.26 Å². The molecule has 0 spiro atoms. The third-order valence-corrected chi connectivity index (χ3v) is 5.39. The molecule has 3 aromatic rings. The lowest BCUT2D eigenvalue weighted by molar-refractivity contribution is -0.307. The molecule has 186 valence electrons. The summed E-state index contributed by atoms with van der Waals surface area (Å²) in [4.78, 5) is 36.2. The number of carboxylic acid groups (broad SMARTS) is 1. The molecule has 0 saturated carbocycles. The van der Waals surface area contributed by atoms with Gasteiger partial charge in [0.15, 0.2) is 0 Å². The van der Waals surface area contributed by atoms with Crippen molar-refractivity contribution in [2.24, 2.45) is 0 Å². The zero-order valence-corrected chi connectivity index (χ0v) is 19.6. The lowest BCUT2D eigenvalue weighted by Gasteiger charge is -2.19. The van der Waals surface area contributed by atoms with Gasteiger partial charge in [0.2, 0.25) is 5.91 Å². The molecule has 2 aromatic carbocycles. The van der Waals surface area contributed by atoms with E-state index in [1.165, 1.54) is 36.3 Å². The van der Waals surface area contributed by atoms with E-state index in [-0.39, 0.29) is 29.2 Å². The zero-order chi connectivity index (χ0) is 25.8. The largest absolute Gasteiger partial charge is 0.546 e. The van der Waals surface area contributed by atoms with E-state index in [4.69, 9.17) is 9.15 Å². The first-order chi connectivity index (χ1) is 17.5. The van der Waals surface area contributed by atoms with Gasteiger partial charge in [-0.25, -0.2) is 0 Å². The fraction of sp³-hybridized carbons (Fsp3) is 0.259. The van der Waals surface area contributed by atoms with Crippen molar-refractivity contribution in [3.63, 3.8) is 0 Å². The molecule has 0 saturated heterocycles. The number of aliphatic carboxylic acids is 1. The zero-order valence-electron chi connectivity index (χ0n) is 19.6. The number of carboxylic acids is 1. The van der Waals surface area contributed by atoms with Gasteiger partial charge >= 0.3 is 0 Å². The first kappa shape index (κ1) is 26.0. The summed E-state index contributed by atoms with van der Waals surface area (Å²) in [7, 11) is 0. The number of nitriles is 1. The number of hydrogen-bond donors (Lipinski definition) is 2. The number of hydrogen-bond acceptors (Lipinski definition) is 7. The van der Waals surface area contributed by atoms with Gasteiger partial charge in [-0.15, -0.1) is 0 Å². The standard InChI is InChI=1S/C27H27N3O6/c28-16-22-14-20(9-10-24(22)36-18-25(31)32)15-23(30-26(33)21-11-13-35-17-21)27(34)29-12-5-4-8-19-6-2-1-3-7-19/h1-3,6-7,9-11,13-14,17,23H,4-5,8,12,15,18H2,(H,29,34)(H,30,33)(H,31,32)/p-1. The number of ether oxygens (including phenoxy) is 1. The number of carbonyl (C=O) groups excluding carboxylic acids is 3. The first-order valence-corrected chi connectivity index (χ1v) is 11.5. The van der Waals surface area contributed by atoms with Crippen LogP contribution in [0.4, 0.5) is 0 Å². The molecule has 0 fully saturated rings. The van der Waals surface area contributed by atoms with Crippen molar-refractivity contribution in [1.29, 1.82) is 5.26 Å². The van der Waals surface area contributed by atoms with E-state index >= 15 is 0 Å². The minimum absolute atomic E-state index is 0.0901. The lowest BCUT2D eigenvalue weighted by Crippen LogP contribution is -2.48. The topological polar surface area (TPSA) is 144 Å². The lowest BCUT2D eigenvalue weighted by atomic mass is 10.0. The highest BCUT2D eigenvalue weighted by Gasteiger charge is 2.23. The summed E-state index contributed by atoms with van der Waals surface area (Å²) in [5.74, 6) is -2.15. The minimum atomic E-state index is -1.41. The van der Waals surface area contributed by atoms with E-state index in [0.29, 0.717) is 12.1 Å². The van der Waals surface area contributed by atoms with Gasteiger partial charge in [-0.3, -0.25) is 9.59 Å². The number of nitrogens with zero attached hydrogens (tertiary/aromatic N) is 1. The monoisotopic (exact) mass is 488 g/mol. The molecule has 0 aliphatic heterocycles. The van der Waals surface area contributed by atoms with Crippen LogP contribution >= 0.6 is 0 Å². The number of aryl methyl sites for hydroxylation is 1. The van der Waals surface area contributed by atoms with Gasteiger partial charge in [0.25, 0.3) is 5.91 Å². The maximum absolute atomic E-state index is 13.0. The van der Waals surface area contributed by atoms with Crippen LogP contribution in [0.2, 0.25) is 0 Å². The van der Waals surface area contributed by atoms with Gasteiger partial charge in [-0.05, 0) is 48.6 Å². The second-order valence-corrected chi connectivity index (χ2v) is 8.08. The molecular weight excluding hydrogens is 462 g/mol. The number of rotatable bonds is 13. The number of amides is 2. The van der Waals surface area contributed by atoms with Crippen LogP contribution in [0, 0.1) is 11.3 Å². The Labute approximate surface area is 208 Å². The second kappa shape index (κ2) is 13.3. The molecule has 1 aromatic heterocycles. The Bertz CT molecular complexity index is 1200. The highest BCUT2D eigenvalue weighted by atomic mass is 16.5. The van der Waals surface area contributed by atoms with Crippen LogP contribution in [0.5, 0.6) is 5.75 Å². The van der Waals surface area contributed by atoms with Crippen LogP contribution in [0.1, 0.15) is 39.9 Å². The summed E-state index contributed by atoms with van der Waals surface area (Å²) in [5.41, 5.74) is 2.20. The Hall–Kier alpha value is -4.58. The van der Waals surface area contributed by atoms with Crippen LogP contribution in [0.15, 0.2) is 71.5 Å². The average molecular weight is 489 g/mol. The van der Waals surface area contributed by atoms with Crippen molar-refractivity contribution in [3.8, 4) is 11.8 Å². The Kier molecular flexibility index (Phi) is 9.65. The quantitative estimate of drug-likeness (QED) is 0.349. The highest BCUT2D eigenvalue weighted by Crippen LogP contribution is 2.20. The number of benzene rings is 2. The van der Waals surface area contributed by atoms with E-state index in [1.54, 1.807) is 6.07 Å². The van der Waals surface area contributed by atoms with Crippen LogP contribution in [0.3, 0.4) is 0 Å². The van der Waals surface area contributed by atoms with Crippen LogP contribution < -0.4 is 20.5 Å². The third-order valence-electron chi connectivity index (χ3n) is 5.39. The fourth-order valence-corrected chi connectivity index (χ4v) is 3.57. The van der Waals surface area contributed by atoms with Gasteiger partial charge in [0, 0.05) is 13.0 Å². The predicted octanol–water partition coefficient (Wildman–Crippen LogP) is 1.76. The molecule has 9 nitrogen and oxygen atoms in total. The van der Waals surface area contributed by atoms with Crippen molar-refractivity contribution < 1.29 is 28.6 Å². The number of furan rings is 1. The molecule has 1 atom stereocenters. The van der Waals surface area contributed by atoms with Crippen LogP contribution in [-0.4, -0.2) is 37.0 Å². The van der Waals surface area contributed by atoms with Gasteiger partial charge in [0.05, 0.1) is 23.4 Å². The SMILES string of the molecule is N#Cc1cc(CC(NC(=O)c2ccoc2)C(=O)NCCCCc2ccccc2)ccc1OCC(=O)[O-]. The summed E-state index contributed by atoms with van der Waals surface area (Å²) in [6, 6.07) is 17.1.